The summed E-state index contributed by atoms with van der Waals surface area (Å²) in [6.07, 6.45) is 5.10. The van der Waals surface area contributed by atoms with Crippen LogP contribution in [0, 0.1) is 5.92 Å². The highest BCUT2D eigenvalue weighted by molar-refractivity contribution is 7.99. The van der Waals surface area contributed by atoms with E-state index >= 15 is 0 Å². The number of aryl methyl sites for hydroxylation is 2. The normalized spacial score (nSPS) is 11.2. The van der Waals surface area contributed by atoms with Crippen LogP contribution in [-0.2, 0) is 20.0 Å². The molecule has 3 nitrogen and oxygen atoms in total. The molecule has 4 heteroatoms. The molecule has 1 heterocycles. The summed E-state index contributed by atoms with van der Waals surface area (Å²) in [5.41, 5.74) is 2.66. The second-order valence-electron chi connectivity index (χ2n) is 5.79. The summed E-state index contributed by atoms with van der Waals surface area (Å²) in [5.74, 6) is 1.80. The van der Waals surface area contributed by atoms with Gasteiger partial charge in [0.1, 0.15) is 0 Å². The van der Waals surface area contributed by atoms with E-state index < -0.39 is 0 Å². The van der Waals surface area contributed by atoms with Gasteiger partial charge in [0.25, 0.3) is 0 Å². The summed E-state index contributed by atoms with van der Waals surface area (Å²) in [6, 6.07) is 8.89. The van der Waals surface area contributed by atoms with Gasteiger partial charge in [-0.3, -0.25) is 4.68 Å². The van der Waals surface area contributed by atoms with Crippen LogP contribution in [0.3, 0.4) is 0 Å². The average molecular weight is 303 g/mol. The van der Waals surface area contributed by atoms with Gasteiger partial charge in [0, 0.05) is 30.4 Å². The monoisotopic (exact) mass is 303 g/mol. The zero-order valence-corrected chi connectivity index (χ0v) is 14.0. The molecule has 1 N–H and O–H groups in total. The average Bonchev–Trinajstić information content (AvgIpc) is 2.86. The zero-order chi connectivity index (χ0) is 15.1. The summed E-state index contributed by atoms with van der Waals surface area (Å²) >= 11 is 1.90. The lowest BCUT2D eigenvalue weighted by Gasteiger charge is -2.08. The number of nitrogens with one attached hydrogen (secondary N) is 1. The van der Waals surface area contributed by atoms with E-state index in [9.17, 15) is 0 Å². The third-order valence-corrected chi connectivity index (χ3v) is 4.24. The Labute approximate surface area is 132 Å². The molecule has 0 amide bonds. The first-order chi connectivity index (χ1) is 10.1. The highest BCUT2D eigenvalue weighted by Crippen LogP contribution is 2.19. The maximum absolute atomic E-state index is 4.20. The first-order valence-electron chi connectivity index (χ1n) is 7.53. The molecule has 0 spiro atoms. The van der Waals surface area contributed by atoms with Crippen LogP contribution in [0.5, 0.6) is 0 Å². The van der Waals surface area contributed by atoms with E-state index in [0.717, 1.165) is 25.3 Å². The maximum Gasteiger partial charge on any atom is 0.0521 e. The third-order valence-electron chi connectivity index (χ3n) is 3.22. The van der Waals surface area contributed by atoms with Crippen LogP contribution in [0.1, 0.15) is 25.0 Å². The van der Waals surface area contributed by atoms with Crippen LogP contribution >= 0.6 is 11.8 Å². The minimum Gasteiger partial charge on any atom is -0.312 e. The zero-order valence-electron chi connectivity index (χ0n) is 13.2. The van der Waals surface area contributed by atoms with Crippen molar-refractivity contribution in [3.63, 3.8) is 0 Å². The molecule has 2 rings (SSSR count). The second-order valence-corrected chi connectivity index (χ2v) is 6.96. The maximum atomic E-state index is 4.20. The number of thioether (sulfide) groups is 1. The van der Waals surface area contributed by atoms with Gasteiger partial charge in [0.05, 0.1) is 6.20 Å². The minimum atomic E-state index is 0.701. The van der Waals surface area contributed by atoms with E-state index in [1.807, 2.05) is 29.7 Å². The standard InChI is InChI=1S/C17H25N3S/c1-14(2)10-18-11-15-4-6-17(7-5-15)21-9-8-16-12-19-20(3)13-16/h4-7,12-14,18H,8-11H2,1-3H3. The number of benzene rings is 1. The second kappa shape index (κ2) is 8.25. The van der Waals surface area contributed by atoms with Crippen LogP contribution in [0.25, 0.3) is 0 Å². The van der Waals surface area contributed by atoms with E-state index in [1.165, 1.54) is 16.0 Å². The molecule has 0 radical (unpaired) electrons. The molecular formula is C17H25N3S. The largest absolute Gasteiger partial charge is 0.312 e. The molecule has 0 atom stereocenters. The summed E-state index contributed by atoms with van der Waals surface area (Å²) in [5, 5.41) is 7.67. The first kappa shape index (κ1) is 16.1. The van der Waals surface area contributed by atoms with Crippen molar-refractivity contribution in [1.82, 2.24) is 15.1 Å². The third kappa shape index (κ3) is 5.94. The fourth-order valence-electron chi connectivity index (χ4n) is 2.10. The Morgan fingerprint density at radius 2 is 1.95 bits per heavy atom. The van der Waals surface area contributed by atoms with Crippen molar-refractivity contribution in [2.75, 3.05) is 12.3 Å². The molecule has 1 aromatic carbocycles. The lowest BCUT2D eigenvalue weighted by atomic mass is 10.2. The highest BCUT2D eigenvalue weighted by Gasteiger charge is 1.99. The Bertz CT molecular complexity index is 531. The molecule has 0 aliphatic rings. The molecule has 1 aromatic heterocycles. The topological polar surface area (TPSA) is 29.9 Å². The van der Waals surface area contributed by atoms with Crippen LogP contribution in [0.15, 0.2) is 41.6 Å². The Hall–Kier alpha value is -1.26. The molecule has 0 fully saturated rings. The number of rotatable bonds is 8. The van der Waals surface area contributed by atoms with E-state index in [1.54, 1.807) is 0 Å². The number of aromatic nitrogens is 2. The van der Waals surface area contributed by atoms with Gasteiger partial charge in [-0.25, -0.2) is 0 Å². The van der Waals surface area contributed by atoms with Gasteiger partial charge in [-0.15, -0.1) is 11.8 Å². The molecule has 0 saturated carbocycles. The molecule has 0 saturated heterocycles. The van der Waals surface area contributed by atoms with Crippen molar-refractivity contribution in [3.05, 3.63) is 47.8 Å². The lowest BCUT2D eigenvalue weighted by molar-refractivity contribution is 0.552. The van der Waals surface area contributed by atoms with E-state index in [0.29, 0.717) is 5.92 Å². The summed E-state index contributed by atoms with van der Waals surface area (Å²) in [7, 11) is 1.96. The van der Waals surface area contributed by atoms with Gasteiger partial charge >= 0.3 is 0 Å². The van der Waals surface area contributed by atoms with Crippen molar-refractivity contribution in [3.8, 4) is 0 Å². The molecular weight excluding hydrogens is 278 g/mol. The minimum absolute atomic E-state index is 0.701. The van der Waals surface area contributed by atoms with Crippen molar-refractivity contribution in [1.29, 1.82) is 0 Å². The molecule has 0 aliphatic heterocycles. The number of nitrogens with zero attached hydrogens (tertiary/aromatic N) is 2. The molecule has 2 aromatic rings. The molecule has 0 aliphatic carbocycles. The lowest BCUT2D eigenvalue weighted by Crippen LogP contribution is -2.18. The molecule has 0 bridgehead atoms. The predicted octanol–water partition coefficient (Wildman–Crippen LogP) is 3.50. The fraction of sp³-hybridized carbons (Fsp3) is 0.471. The van der Waals surface area contributed by atoms with Crippen molar-refractivity contribution < 1.29 is 0 Å². The fourth-order valence-corrected chi connectivity index (χ4v) is 3.00. The highest BCUT2D eigenvalue weighted by atomic mass is 32.2. The van der Waals surface area contributed by atoms with Gasteiger partial charge in [-0.2, -0.15) is 5.10 Å². The van der Waals surface area contributed by atoms with Crippen molar-refractivity contribution in [2.24, 2.45) is 13.0 Å². The van der Waals surface area contributed by atoms with Gasteiger partial charge in [0.2, 0.25) is 0 Å². The Morgan fingerprint density at radius 1 is 1.19 bits per heavy atom. The van der Waals surface area contributed by atoms with E-state index in [2.05, 4.69) is 54.7 Å². The molecule has 114 valence electrons. The van der Waals surface area contributed by atoms with E-state index in [-0.39, 0.29) is 0 Å². The summed E-state index contributed by atoms with van der Waals surface area (Å²) in [4.78, 5) is 1.34. The Morgan fingerprint density at radius 3 is 2.57 bits per heavy atom. The number of hydrogen-bond donors (Lipinski definition) is 1. The summed E-state index contributed by atoms with van der Waals surface area (Å²) < 4.78 is 1.86. The van der Waals surface area contributed by atoms with Gasteiger partial charge in [0.15, 0.2) is 0 Å². The first-order valence-corrected chi connectivity index (χ1v) is 8.52. The smallest absolute Gasteiger partial charge is 0.0521 e. The van der Waals surface area contributed by atoms with Crippen molar-refractivity contribution >= 4 is 11.8 Å². The Kier molecular flexibility index (Phi) is 6.33. The van der Waals surface area contributed by atoms with Gasteiger partial charge in [-0.1, -0.05) is 26.0 Å². The predicted molar refractivity (Wildman–Crippen MR) is 90.6 cm³/mol. The van der Waals surface area contributed by atoms with Crippen LogP contribution in [0.2, 0.25) is 0 Å². The van der Waals surface area contributed by atoms with Gasteiger partial charge < -0.3 is 5.32 Å². The molecule has 0 unspecified atom stereocenters. The summed E-state index contributed by atoms with van der Waals surface area (Å²) in [6.45, 7) is 6.49. The van der Waals surface area contributed by atoms with Crippen LogP contribution in [-0.4, -0.2) is 22.1 Å². The van der Waals surface area contributed by atoms with Crippen LogP contribution in [0.4, 0.5) is 0 Å². The van der Waals surface area contributed by atoms with Gasteiger partial charge in [-0.05, 0) is 42.1 Å². The van der Waals surface area contributed by atoms with Crippen LogP contribution < -0.4 is 5.32 Å². The number of hydrogen-bond acceptors (Lipinski definition) is 3. The van der Waals surface area contributed by atoms with Crippen molar-refractivity contribution in [2.45, 2.75) is 31.7 Å². The quantitative estimate of drug-likeness (QED) is 0.757. The van der Waals surface area contributed by atoms with E-state index in [4.69, 9.17) is 0 Å². The SMILES string of the molecule is CC(C)CNCc1ccc(SCCc2cnn(C)c2)cc1. The molecule has 21 heavy (non-hydrogen) atoms. The Balaban J connectivity index is 1.72.